The van der Waals surface area contributed by atoms with Crippen LogP contribution in [-0.2, 0) is 42.8 Å². The van der Waals surface area contributed by atoms with E-state index in [0.717, 1.165) is 6.66 Å². The number of aromatic nitrogens is 8. The summed E-state index contributed by atoms with van der Waals surface area (Å²) in [4.78, 5) is 24.4. The van der Waals surface area contributed by atoms with Gasteiger partial charge in [0.2, 0.25) is 0 Å². The maximum Gasteiger partial charge on any atom is 0.328 e. The molecule has 0 aromatic carbocycles. The van der Waals surface area contributed by atoms with Crippen molar-refractivity contribution >= 4 is 52.9 Å². The second-order valence-corrected chi connectivity index (χ2v) is 12.8. The Labute approximate surface area is 243 Å². The molecule has 22 heteroatoms. The first-order valence-electron chi connectivity index (χ1n) is 12.7. The van der Waals surface area contributed by atoms with Crippen LogP contribution in [0.4, 0.5) is 16.0 Å². The van der Waals surface area contributed by atoms with E-state index in [9.17, 15) is 13.9 Å². The molecule has 3 fully saturated rings. The largest absolute Gasteiger partial charge is 0.386 e. The third-order valence-corrected chi connectivity index (χ3v) is 9.15. The maximum absolute atomic E-state index is 15.7. The molecule has 3 aliphatic heterocycles. The van der Waals surface area contributed by atoms with Gasteiger partial charge in [0.05, 0.1) is 25.9 Å². The van der Waals surface area contributed by atoms with Crippen LogP contribution >= 0.6 is 7.60 Å². The molecule has 0 amide bonds. The molecule has 19 nitrogen and oxygen atoms in total. The monoisotopic (exact) mass is 642 g/mol. The topological polar surface area (TPSA) is 249 Å². The van der Waals surface area contributed by atoms with E-state index in [4.69, 9.17) is 38.4 Å². The molecule has 5 N–H and O–H groups in total. The number of nitrogen functional groups attached to an aromatic ring is 2. The molecule has 0 saturated carbocycles. The lowest BCUT2D eigenvalue weighted by Gasteiger charge is -2.25. The van der Waals surface area contributed by atoms with E-state index in [-0.39, 0.29) is 34.0 Å². The van der Waals surface area contributed by atoms with Gasteiger partial charge in [-0.05, 0) is 0 Å². The number of imidazole rings is 2. The summed E-state index contributed by atoms with van der Waals surface area (Å²) in [6, 6.07) is 0. The van der Waals surface area contributed by atoms with Crippen molar-refractivity contribution in [2.45, 2.75) is 49.1 Å². The van der Waals surface area contributed by atoms with Crippen molar-refractivity contribution in [1.29, 1.82) is 0 Å². The van der Waals surface area contributed by atoms with Crippen LogP contribution < -0.4 is 11.5 Å². The Morgan fingerprint density at radius 3 is 2.19 bits per heavy atom. The molecule has 2 unspecified atom stereocenters. The minimum absolute atomic E-state index is 0.0836. The number of halogens is 1. The molecule has 0 aliphatic carbocycles. The lowest BCUT2D eigenvalue weighted by atomic mass is 10.1. The van der Waals surface area contributed by atoms with Gasteiger partial charge in [0.15, 0.2) is 47.7 Å². The fourth-order valence-corrected chi connectivity index (χ4v) is 7.05. The zero-order chi connectivity index (χ0) is 30.0. The van der Waals surface area contributed by atoms with Crippen LogP contribution in [0.2, 0.25) is 0 Å². The summed E-state index contributed by atoms with van der Waals surface area (Å²) in [7, 11) is -4.00. The molecule has 3 aliphatic rings. The van der Waals surface area contributed by atoms with Gasteiger partial charge in [0.25, 0.3) is 0 Å². The van der Waals surface area contributed by atoms with Gasteiger partial charge in [-0.2, -0.15) is 4.21 Å². The number of rotatable bonds is 2. The second kappa shape index (κ2) is 10.7. The van der Waals surface area contributed by atoms with Crippen LogP contribution in [0.1, 0.15) is 12.5 Å². The van der Waals surface area contributed by atoms with Gasteiger partial charge >= 0.3 is 19.0 Å². The number of fused-ring (bicyclic) bond motifs is 5. The predicted molar refractivity (Wildman–Crippen MR) is 142 cm³/mol. The van der Waals surface area contributed by atoms with E-state index in [1.165, 1.54) is 34.4 Å². The first kappa shape index (κ1) is 28.5. The van der Waals surface area contributed by atoms with Crippen LogP contribution in [0.25, 0.3) is 22.3 Å². The van der Waals surface area contributed by atoms with Crippen molar-refractivity contribution in [2.24, 2.45) is 0 Å². The quantitative estimate of drug-likeness (QED) is 0.234. The fourth-order valence-electron chi connectivity index (χ4n) is 5.18. The number of alkyl halides is 1. The van der Waals surface area contributed by atoms with Crippen molar-refractivity contribution in [1.82, 2.24) is 39.0 Å². The van der Waals surface area contributed by atoms with Gasteiger partial charge in [-0.15, -0.1) is 0 Å². The third-order valence-electron chi connectivity index (χ3n) is 7.20. The molecule has 3 saturated heterocycles. The number of nitrogens with two attached hydrogens (primary N) is 2. The molecule has 10 atom stereocenters. The molecule has 4 aromatic heterocycles. The Bertz CT molecular complexity index is 1760. The highest BCUT2D eigenvalue weighted by atomic mass is 32.2. The summed E-state index contributed by atoms with van der Waals surface area (Å²) < 4.78 is 78.8. The zero-order valence-corrected chi connectivity index (χ0v) is 23.7. The molecule has 7 rings (SSSR count). The van der Waals surface area contributed by atoms with E-state index in [1.807, 2.05) is 0 Å². The smallest absolute Gasteiger partial charge is 0.328 e. The van der Waals surface area contributed by atoms with E-state index in [1.54, 1.807) is 0 Å². The molecule has 0 radical (unpaired) electrons. The van der Waals surface area contributed by atoms with Crippen molar-refractivity contribution in [3.63, 3.8) is 0 Å². The van der Waals surface area contributed by atoms with Crippen LogP contribution in [0, 0.1) is 0 Å². The van der Waals surface area contributed by atoms with Crippen molar-refractivity contribution in [3.05, 3.63) is 25.3 Å². The van der Waals surface area contributed by atoms with Crippen molar-refractivity contribution in [3.8, 4) is 0 Å². The lowest BCUT2D eigenvalue weighted by Crippen LogP contribution is -2.36. The molecule has 2 bridgehead atoms. The summed E-state index contributed by atoms with van der Waals surface area (Å²) in [5, 5.41) is 11.2. The number of aliphatic hydroxyl groups is 1. The minimum Gasteiger partial charge on any atom is -0.386 e. The third kappa shape index (κ3) is 4.95. The van der Waals surface area contributed by atoms with Gasteiger partial charge in [0.1, 0.15) is 48.1 Å². The van der Waals surface area contributed by atoms with E-state index in [2.05, 4.69) is 29.9 Å². The Morgan fingerprint density at radius 2 is 1.53 bits per heavy atom. The van der Waals surface area contributed by atoms with Crippen LogP contribution in [0.3, 0.4) is 0 Å². The highest BCUT2D eigenvalue weighted by molar-refractivity contribution is 7.75. The highest BCUT2D eigenvalue weighted by Crippen LogP contribution is 2.50. The van der Waals surface area contributed by atoms with Crippen LogP contribution in [-0.4, -0.2) is 105 Å². The van der Waals surface area contributed by atoms with E-state index in [0.29, 0.717) is 0 Å². The molecular weight excluding hydrogens is 618 g/mol. The van der Waals surface area contributed by atoms with Gasteiger partial charge < -0.3 is 30.6 Å². The summed E-state index contributed by atoms with van der Waals surface area (Å²) in [5.41, 5.74) is 12.7. The molecule has 230 valence electrons. The Balaban J connectivity index is 1.18. The number of hydrogen-bond acceptors (Lipinski definition) is 17. The first-order valence-corrected chi connectivity index (χ1v) is 15.7. The minimum atomic E-state index is -4.00. The van der Waals surface area contributed by atoms with E-state index < -0.39 is 81.3 Å². The predicted octanol–water partition coefficient (Wildman–Crippen LogP) is -0.457. The Hall–Kier alpha value is -3.27. The average molecular weight is 643 g/mol. The lowest BCUT2D eigenvalue weighted by molar-refractivity contribution is -0.0554. The molecule has 0 spiro atoms. The number of nitrogens with zero attached hydrogens (tertiary/aromatic N) is 8. The second-order valence-electron chi connectivity index (χ2n) is 9.92. The van der Waals surface area contributed by atoms with Gasteiger partial charge in [-0.1, -0.05) is 0 Å². The highest BCUT2D eigenvalue weighted by Gasteiger charge is 2.52. The van der Waals surface area contributed by atoms with Gasteiger partial charge in [-0.25, -0.2) is 34.3 Å². The molecule has 7 heterocycles. The number of ether oxygens (including phenoxy) is 2. The SMILES string of the molecule is CP1(=O)OC[C@H]2O[C@@H](n3cnc4c(N)ncnc43)[C@H](OS(=O)OC[C@H]3O[C@@H](n4cnc5c(N)ncnc54)[C@H](O)[C@@H]3O1)[C@@H]2F. The van der Waals surface area contributed by atoms with Crippen molar-refractivity contribution in [2.75, 3.05) is 31.3 Å². The number of anilines is 2. The normalized spacial score (nSPS) is 37.1. The van der Waals surface area contributed by atoms with Crippen LogP contribution in [0.5, 0.6) is 0 Å². The Kier molecular flexibility index (Phi) is 7.10. The zero-order valence-electron chi connectivity index (χ0n) is 22.0. The number of hydrogen-bond donors (Lipinski definition) is 3. The van der Waals surface area contributed by atoms with Gasteiger partial charge in [-0.3, -0.25) is 26.6 Å². The van der Waals surface area contributed by atoms with Crippen molar-refractivity contribution < 1.29 is 45.2 Å². The molecular formula is C21H24FN10O9PS. The fraction of sp³-hybridized carbons (Fsp3) is 0.524. The standard InChI is InChI=1S/C21H24FN10O9PS/c1-42(34)36-2-8-10(22)15(21(38-8)32-7-30-12-17(24)26-5-28-19(12)32)41-43(35)37-3-9-14(40-42)13(33)20(39-9)31-6-29-11-16(23)25-4-27-18(11)31/h4-10,13-15,20-21,33H,2-3H2,1H3,(H2,23,25,27)(H2,24,26,28)/t8-,9-,10-,13-,14-,15-,20-,21-,42?,43?/m1/s1. The van der Waals surface area contributed by atoms with Crippen LogP contribution in [0.15, 0.2) is 25.3 Å². The van der Waals surface area contributed by atoms with E-state index >= 15 is 4.39 Å². The maximum atomic E-state index is 15.7. The van der Waals surface area contributed by atoms with Gasteiger partial charge in [0, 0.05) is 6.66 Å². The summed E-state index contributed by atoms with van der Waals surface area (Å²) in [5.74, 6) is 0.193. The summed E-state index contributed by atoms with van der Waals surface area (Å²) >= 11 is -2.56. The molecule has 43 heavy (non-hydrogen) atoms. The summed E-state index contributed by atoms with van der Waals surface area (Å²) in [6.07, 6.45) is -6.09. The summed E-state index contributed by atoms with van der Waals surface area (Å²) in [6.45, 7) is 0.105. The first-order chi connectivity index (χ1) is 20.6. The average Bonchev–Trinajstić information content (AvgIpc) is 3.73. The number of aliphatic hydroxyl groups excluding tert-OH is 1. The molecule has 4 aromatic rings. The Morgan fingerprint density at radius 1 is 0.930 bits per heavy atom.